The van der Waals surface area contributed by atoms with Crippen molar-refractivity contribution in [3.05, 3.63) is 18.2 Å². The molecule has 0 aliphatic carbocycles. The third-order valence-electron chi connectivity index (χ3n) is 3.02. The van der Waals surface area contributed by atoms with E-state index >= 15 is 0 Å². The molecule has 0 unspecified atom stereocenters. The summed E-state index contributed by atoms with van der Waals surface area (Å²) >= 11 is 2.06. The first kappa shape index (κ1) is 12.9. The highest BCUT2D eigenvalue weighted by Gasteiger charge is 2.09. The maximum absolute atomic E-state index is 4.40. The number of aromatic nitrogens is 2. The van der Waals surface area contributed by atoms with Gasteiger partial charge in [-0.1, -0.05) is 6.92 Å². The number of nitrogens with zero attached hydrogens (tertiary/aromatic N) is 3. The topological polar surface area (TPSA) is 33.1 Å². The molecule has 2 rings (SSSR count). The zero-order valence-electron chi connectivity index (χ0n) is 10.6. The molecule has 0 spiro atoms. The largest absolute Gasteiger partial charge is 0.336 e. The summed E-state index contributed by atoms with van der Waals surface area (Å²) in [6.07, 6.45) is 4.10. The van der Waals surface area contributed by atoms with Gasteiger partial charge in [0.05, 0.1) is 12.0 Å². The maximum atomic E-state index is 4.40. The molecule has 1 aliphatic rings. The van der Waals surface area contributed by atoms with Crippen LogP contribution in [-0.4, -0.2) is 52.1 Å². The Bertz CT molecular complexity index is 320. The monoisotopic (exact) mass is 254 g/mol. The second-order valence-corrected chi connectivity index (χ2v) is 5.56. The summed E-state index contributed by atoms with van der Waals surface area (Å²) in [6, 6.07) is 0. The van der Waals surface area contributed by atoms with E-state index in [-0.39, 0.29) is 0 Å². The number of imidazole rings is 1. The molecule has 2 heterocycles. The summed E-state index contributed by atoms with van der Waals surface area (Å²) in [4.78, 5) is 6.94. The van der Waals surface area contributed by atoms with Crippen LogP contribution in [0.3, 0.4) is 0 Å². The summed E-state index contributed by atoms with van der Waals surface area (Å²) in [5.74, 6) is 2.57. The minimum atomic E-state index is 0.879. The molecular formula is C12H22N4S. The van der Waals surface area contributed by atoms with Crippen molar-refractivity contribution in [1.29, 1.82) is 0 Å². The molecule has 1 fully saturated rings. The van der Waals surface area contributed by atoms with E-state index in [2.05, 4.69) is 44.7 Å². The van der Waals surface area contributed by atoms with Gasteiger partial charge in [-0.3, -0.25) is 4.90 Å². The lowest BCUT2D eigenvalue weighted by Gasteiger charge is -2.25. The van der Waals surface area contributed by atoms with E-state index in [1.54, 1.807) is 0 Å². The van der Waals surface area contributed by atoms with Crippen LogP contribution in [0, 0.1) is 0 Å². The highest BCUT2D eigenvalue weighted by atomic mass is 32.2. The highest BCUT2D eigenvalue weighted by molar-refractivity contribution is 7.99. The molecule has 1 saturated heterocycles. The Morgan fingerprint density at radius 1 is 1.35 bits per heavy atom. The summed E-state index contributed by atoms with van der Waals surface area (Å²) in [5, 5.41) is 3.29. The Labute approximate surface area is 108 Å². The van der Waals surface area contributed by atoms with Crippen molar-refractivity contribution in [2.24, 2.45) is 0 Å². The van der Waals surface area contributed by atoms with E-state index in [1.807, 2.05) is 6.33 Å². The molecule has 17 heavy (non-hydrogen) atoms. The molecular weight excluding hydrogens is 232 g/mol. The zero-order valence-corrected chi connectivity index (χ0v) is 11.4. The van der Waals surface area contributed by atoms with Crippen LogP contribution in [0.1, 0.15) is 12.6 Å². The Morgan fingerprint density at radius 3 is 2.94 bits per heavy atom. The Kier molecular flexibility index (Phi) is 5.35. The molecule has 1 aromatic heterocycles. The third kappa shape index (κ3) is 4.33. The van der Waals surface area contributed by atoms with Gasteiger partial charge in [0.1, 0.15) is 0 Å². The highest BCUT2D eigenvalue weighted by Crippen LogP contribution is 2.08. The van der Waals surface area contributed by atoms with Gasteiger partial charge in [0, 0.05) is 50.4 Å². The van der Waals surface area contributed by atoms with E-state index in [4.69, 9.17) is 0 Å². The molecule has 1 aromatic rings. The fourth-order valence-electron chi connectivity index (χ4n) is 1.95. The lowest BCUT2D eigenvalue weighted by Crippen LogP contribution is -2.34. The van der Waals surface area contributed by atoms with E-state index in [1.165, 1.54) is 24.6 Å². The van der Waals surface area contributed by atoms with Crippen LogP contribution < -0.4 is 5.32 Å². The zero-order chi connectivity index (χ0) is 11.9. The van der Waals surface area contributed by atoms with Crippen LogP contribution in [0.2, 0.25) is 0 Å². The van der Waals surface area contributed by atoms with E-state index < -0.39 is 0 Å². The molecule has 1 aliphatic heterocycles. The summed E-state index contributed by atoms with van der Waals surface area (Å²) < 4.78 is 2.20. The van der Waals surface area contributed by atoms with E-state index in [9.17, 15) is 0 Å². The Morgan fingerprint density at radius 2 is 2.18 bits per heavy atom. The molecule has 0 radical (unpaired) electrons. The number of hydrogen-bond acceptors (Lipinski definition) is 4. The first-order valence-corrected chi connectivity index (χ1v) is 7.55. The number of thioether (sulfide) groups is 1. The number of rotatable bonds is 6. The standard InChI is InChI=1S/C12H22N4S/c1-2-13-9-12-10-16(11-14-12)4-3-15-5-7-17-8-6-15/h10-11,13H,2-9H2,1H3. The fourth-order valence-corrected chi connectivity index (χ4v) is 2.93. The number of nitrogens with one attached hydrogen (secondary N) is 1. The third-order valence-corrected chi connectivity index (χ3v) is 3.96. The molecule has 0 bridgehead atoms. The summed E-state index contributed by atoms with van der Waals surface area (Å²) in [5.41, 5.74) is 1.14. The van der Waals surface area contributed by atoms with Crippen molar-refractivity contribution in [3.63, 3.8) is 0 Å². The summed E-state index contributed by atoms with van der Waals surface area (Å²) in [7, 11) is 0. The lowest BCUT2D eigenvalue weighted by molar-refractivity contribution is 0.289. The quantitative estimate of drug-likeness (QED) is 0.822. The van der Waals surface area contributed by atoms with Crippen molar-refractivity contribution in [2.45, 2.75) is 20.0 Å². The molecule has 0 saturated carbocycles. The first-order valence-electron chi connectivity index (χ1n) is 6.40. The summed E-state index contributed by atoms with van der Waals surface area (Å²) in [6.45, 7) is 8.68. The first-order chi connectivity index (χ1) is 8.38. The number of hydrogen-bond donors (Lipinski definition) is 1. The van der Waals surface area contributed by atoms with Crippen molar-refractivity contribution < 1.29 is 0 Å². The van der Waals surface area contributed by atoms with Gasteiger partial charge >= 0.3 is 0 Å². The van der Waals surface area contributed by atoms with Crippen molar-refractivity contribution in [3.8, 4) is 0 Å². The van der Waals surface area contributed by atoms with Gasteiger partial charge in [-0.15, -0.1) is 0 Å². The fraction of sp³-hybridized carbons (Fsp3) is 0.750. The van der Waals surface area contributed by atoms with Crippen LogP contribution in [0.15, 0.2) is 12.5 Å². The minimum absolute atomic E-state index is 0.879. The Hall–Kier alpha value is -0.520. The SMILES string of the molecule is CCNCc1cn(CCN2CCSCC2)cn1. The van der Waals surface area contributed by atoms with Gasteiger partial charge in [0.15, 0.2) is 0 Å². The average molecular weight is 254 g/mol. The molecule has 4 nitrogen and oxygen atoms in total. The average Bonchev–Trinajstić information content (AvgIpc) is 2.83. The van der Waals surface area contributed by atoms with Gasteiger partial charge in [-0.05, 0) is 6.54 Å². The van der Waals surface area contributed by atoms with Crippen LogP contribution in [0.5, 0.6) is 0 Å². The van der Waals surface area contributed by atoms with Gasteiger partial charge in [0.25, 0.3) is 0 Å². The van der Waals surface area contributed by atoms with Gasteiger partial charge < -0.3 is 9.88 Å². The predicted octanol–water partition coefficient (Wildman–Crippen LogP) is 1.04. The van der Waals surface area contributed by atoms with Crippen LogP contribution in [0.25, 0.3) is 0 Å². The van der Waals surface area contributed by atoms with Gasteiger partial charge in [-0.2, -0.15) is 11.8 Å². The lowest BCUT2D eigenvalue weighted by atomic mass is 10.4. The smallest absolute Gasteiger partial charge is 0.0950 e. The predicted molar refractivity (Wildman–Crippen MR) is 73.4 cm³/mol. The minimum Gasteiger partial charge on any atom is -0.336 e. The van der Waals surface area contributed by atoms with E-state index in [0.717, 1.165) is 31.9 Å². The van der Waals surface area contributed by atoms with Crippen molar-refractivity contribution in [1.82, 2.24) is 19.8 Å². The molecule has 0 atom stereocenters. The van der Waals surface area contributed by atoms with Gasteiger partial charge in [-0.25, -0.2) is 4.98 Å². The van der Waals surface area contributed by atoms with Crippen LogP contribution >= 0.6 is 11.8 Å². The molecule has 1 N–H and O–H groups in total. The molecule has 0 aromatic carbocycles. The normalized spacial score (nSPS) is 17.5. The second-order valence-electron chi connectivity index (χ2n) is 4.34. The van der Waals surface area contributed by atoms with E-state index in [0.29, 0.717) is 0 Å². The van der Waals surface area contributed by atoms with Crippen LogP contribution in [0.4, 0.5) is 0 Å². The van der Waals surface area contributed by atoms with Crippen LogP contribution in [-0.2, 0) is 13.1 Å². The van der Waals surface area contributed by atoms with Crippen molar-refractivity contribution in [2.75, 3.05) is 37.7 Å². The maximum Gasteiger partial charge on any atom is 0.0950 e. The van der Waals surface area contributed by atoms with Crippen molar-refractivity contribution >= 4 is 11.8 Å². The molecule has 96 valence electrons. The molecule has 0 amide bonds. The Balaban J connectivity index is 1.72. The second kappa shape index (κ2) is 7.03. The van der Waals surface area contributed by atoms with Gasteiger partial charge in [0.2, 0.25) is 0 Å². The molecule has 5 heteroatoms.